The van der Waals surface area contributed by atoms with Crippen LogP contribution in [0, 0.1) is 5.92 Å². The topological polar surface area (TPSA) is 50.2 Å². The molecule has 5 heteroatoms. The molecule has 1 aliphatic rings. The van der Waals surface area contributed by atoms with Crippen LogP contribution in [0.2, 0.25) is 0 Å². The van der Waals surface area contributed by atoms with E-state index < -0.39 is 0 Å². The smallest absolute Gasteiger partial charge is 0.225 e. The SMILES string of the molecule is CCn1cncc1CNC1CCN(C(=O)C(C)C)CC1. The van der Waals surface area contributed by atoms with E-state index in [4.69, 9.17) is 0 Å². The third kappa shape index (κ3) is 3.60. The Balaban J connectivity index is 1.76. The van der Waals surface area contributed by atoms with Gasteiger partial charge in [0.2, 0.25) is 5.91 Å². The van der Waals surface area contributed by atoms with Gasteiger partial charge >= 0.3 is 0 Å². The van der Waals surface area contributed by atoms with Crippen molar-refractivity contribution < 1.29 is 4.79 Å². The van der Waals surface area contributed by atoms with Crippen LogP contribution in [0.15, 0.2) is 12.5 Å². The zero-order valence-corrected chi connectivity index (χ0v) is 12.8. The number of nitrogens with one attached hydrogen (secondary N) is 1. The number of aryl methyl sites for hydroxylation is 1. The number of aromatic nitrogens is 2. The summed E-state index contributed by atoms with van der Waals surface area (Å²) >= 11 is 0. The van der Waals surface area contributed by atoms with Gasteiger partial charge in [-0.05, 0) is 19.8 Å². The van der Waals surface area contributed by atoms with E-state index in [0.29, 0.717) is 6.04 Å². The van der Waals surface area contributed by atoms with Gasteiger partial charge in [-0.25, -0.2) is 4.98 Å². The lowest BCUT2D eigenvalue weighted by molar-refractivity contribution is -0.135. The Labute approximate surface area is 121 Å². The van der Waals surface area contributed by atoms with Crippen molar-refractivity contribution in [1.29, 1.82) is 0 Å². The zero-order chi connectivity index (χ0) is 14.5. The summed E-state index contributed by atoms with van der Waals surface area (Å²) in [6, 6.07) is 0.506. The maximum Gasteiger partial charge on any atom is 0.225 e. The Morgan fingerprint density at radius 2 is 2.15 bits per heavy atom. The summed E-state index contributed by atoms with van der Waals surface area (Å²) in [4.78, 5) is 18.1. The summed E-state index contributed by atoms with van der Waals surface area (Å²) in [6.45, 7) is 9.64. The van der Waals surface area contributed by atoms with Crippen molar-refractivity contribution in [3.8, 4) is 0 Å². The highest BCUT2D eigenvalue weighted by atomic mass is 16.2. The normalized spacial score (nSPS) is 16.9. The standard InChI is InChI=1S/C15H26N4O/c1-4-18-11-16-9-14(18)10-17-13-5-7-19(8-6-13)15(20)12(2)3/h9,11-13,17H,4-8,10H2,1-3H3. The summed E-state index contributed by atoms with van der Waals surface area (Å²) in [5.41, 5.74) is 1.23. The second-order valence-corrected chi connectivity index (χ2v) is 5.81. The predicted molar refractivity (Wildman–Crippen MR) is 79.2 cm³/mol. The summed E-state index contributed by atoms with van der Waals surface area (Å²) < 4.78 is 2.16. The molecule has 0 bridgehead atoms. The first-order chi connectivity index (χ1) is 9.61. The number of nitrogens with zero attached hydrogens (tertiary/aromatic N) is 3. The number of piperidine rings is 1. The molecule has 0 spiro atoms. The van der Waals surface area contributed by atoms with Crippen LogP contribution >= 0.6 is 0 Å². The van der Waals surface area contributed by atoms with Crippen LogP contribution in [0.25, 0.3) is 0 Å². The second kappa shape index (κ2) is 6.88. The average Bonchev–Trinajstić information content (AvgIpc) is 2.92. The van der Waals surface area contributed by atoms with E-state index in [1.54, 1.807) is 0 Å². The molecule has 1 saturated heterocycles. The summed E-state index contributed by atoms with van der Waals surface area (Å²) in [5.74, 6) is 0.394. The lowest BCUT2D eigenvalue weighted by atomic mass is 10.0. The van der Waals surface area contributed by atoms with E-state index in [0.717, 1.165) is 39.0 Å². The van der Waals surface area contributed by atoms with Crippen molar-refractivity contribution in [3.63, 3.8) is 0 Å². The molecule has 1 aromatic rings. The minimum Gasteiger partial charge on any atom is -0.342 e. The molecule has 0 aliphatic carbocycles. The number of carbonyl (C=O) groups is 1. The van der Waals surface area contributed by atoms with E-state index >= 15 is 0 Å². The highest BCUT2D eigenvalue weighted by Gasteiger charge is 2.23. The van der Waals surface area contributed by atoms with Gasteiger partial charge in [-0.15, -0.1) is 0 Å². The Morgan fingerprint density at radius 3 is 2.75 bits per heavy atom. The van der Waals surface area contributed by atoms with Gasteiger partial charge < -0.3 is 14.8 Å². The first-order valence-electron chi connectivity index (χ1n) is 7.63. The highest BCUT2D eigenvalue weighted by Crippen LogP contribution is 2.14. The molecule has 0 radical (unpaired) electrons. The van der Waals surface area contributed by atoms with Crippen LogP contribution in [0.4, 0.5) is 0 Å². The fraction of sp³-hybridized carbons (Fsp3) is 0.733. The Hall–Kier alpha value is -1.36. The maximum absolute atomic E-state index is 11.9. The van der Waals surface area contributed by atoms with Crippen LogP contribution in [-0.4, -0.2) is 39.5 Å². The third-order valence-corrected chi connectivity index (χ3v) is 4.01. The first-order valence-corrected chi connectivity index (χ1v) is 7.63. The van der Waals surface area contributed by atoms with E-state index in [9.17, 15) is 4.79 Å². The molecule has 2 heterocycles. The zero-order valence-electron chi connectivity index (χ0n) is 12.8. The van der Waals surface area contributed by atoms with Crippen molar-refractivity contribution in [3.05, 3.63) is 18.2 Å². The summed E-state index contributed by atoms with van der Waals surface area (Å²) in [7, 11) is 0. The number of likely N-dealkylation sites (tertiary alicyclic amines) is 1. The van der Waals surface area contributed by atoms with Crippen molar-refractivity contribution >= 4 is 5.91 Å². The van der Waals surface area contributed by atoms with Crippen LogP contribution in [0.3, 0.4) is 0 Å². The van der Waals surface area contributed by atoms with Gasteiger partial charge in [-0.1, -0.05) is 13.8 Å². The number of hydrogen-bond donors (Lipinski definition) is 1. The van der Waals surface area contributed by atoms with Crippen molar-refractivity contribution in [1.82, 2.24) is 19.8 Å². The lowest BCUT2D eigenvalue weighted by Crippen LogP contribution is -2.46. The van der Waals surface area contributed by atoms with Gasteiger partial charge in [0.25, 0.3) is 0 Å². The van der Waals surface area contributed by atoms with Crippen LogP contribution in [0.1, 0.15) is 39.3 Å². The fourth-order valence-corrected chi connectivity index (χ4v) is 2.70. The first kappa shape index (κ1) is 15.0. The second-order valence-electron chi connectivity index (χ2n) is 5.81. The molecule has 0 unspecified atom stereocenters. The van der Waals surface area contributed by atoms with Gasteiger partial charge in [0.1, 0.15) is 0 Å². The number of hydrogen-bond acceptors (Lipinski definition) is 3. The minimum atomic E-state index is 0.110. The monoisotopic (exact) mass is 278 g/mol. The lowest BCUT2D eigenvalue weighted by Gasteiger charge is -2.33. The third-order valence-electron chi connectivity index (χ3n) is 4.01. The molecule has 5 nitrogen and oxygen atoms in total. The van der Waals surface area contributed by atoms with E-state index in [2.05, 4.69) is 21.8 Å². The Bertz CT molecular complexity index is 433. The van der Waals surface area contributed by atoms with E-state index in [-0.39, 0.29) is 11.8 Å². The molecule has 20 heavy (non-hydrogen) atoms. The van der Waals surface area contributed by atoms with Crippen molar-refractivity contribution in [2.45, 2.75) is 52.7 Å². The van der Waals surface area contributed by atoms with E-state index in [1.165, 1.54) is 5.69 Å². The maximum atomic E-state index is 11.9. The quantitative estimate of drug-likeness (QED) is 0.891. The molecule has 0 aromatic carbocycles. The highest BCUT2D eigenvalue weighted by molar-refractivity contribution is 5.78. The van der Waals surface area contributed by atoms with Gasteiger partial charge in [0.15, 0.2) is 0 Å². The number of amides is 1. The molecule has 1 aromatic heterocycles. The molecule has 1 amide bonds. The molecule has 2 rings (SSSR count). The summed E-state index contributed by atoms with van der Waals surface area (Å²) in [5, 5.41) is 3.59. The van der Waals surface area contributed by atoms with Crippen LogP contribution < -0.4 is 5.32 Å². The predicted octanol–water partition coefficient (Wildman–Crippen LogP) is 1.64. The molecule has 1 N–H and O–H groups in total. The Morgan fingerprint density at radius 1 is 1.45 bits per heavy atom. The Kier molecular flexibility index (Phi) is 5.17. The van der Waals surface area contributed by atoms with Crippen LogP contribution in [0.5, 0.6) is 0 Å². The molecule has 112 valence electrons. The fourth-order valence-electron chi connectivity index (χ4n) is 2.70. The molecular weight excluding hydrogens is 252 g/mol. The number of rotatable bonds is 5. The number of carbonyl (C=O) groups excluding carboxylic acids is 1. The van der Waals surface area contributed by atoms with Crippen LogP contribution in [-0.2, 0) is 17.9 Å². The molecule has 1 aliphatic heterocycles. The van der Waals surface area contributed by atoms with Gasteiger partial charge in [0, 0.05) is 44.3 Å². The van der Waals surface area contributed by atoms with Gasteiger partial charge in [-0.2, -0.15) is 0 Å². The summed E-state index contributed by atoms with van der Waals surface area (Å²) in [6.07, 6.45) is 5.88. The largest absolute Gasteiger partial charge is 0.342 e. The molecule has 0 atom stereocenters. The van der Waals surface area contributed by atoms with Crippen molar-refractivity contribution in [2.24, 2.45) is 5.92 Å². The molecule has 0 saturated carbocycles. The minimum absolute atomic E-state index is 0.110. The number of imidazole rings is 1. The van der Waals surface area contributed by atoms with Gasteiger partial charge in [0.05, 0.1) is 12.0 Å². The van der Waals surface area contributed by atoms with Gasteiger partial charge in [-0.3, -0.25) is 4.79 Å². The average molecular weight is 278 g/mol. The van der Waals surface area contributed by atoms with E-state index in [1.807, 2.05) is 31.3 Å². The molecular formula is C15H26N4O. The van der Waals surface area contributed by atoms with Crippen molar-refractivity contribution in [2.75, 3.05) is 13.1 Å². The molecule has 1 fully saturated rings.